The number of carbonyl (C=O) groups excluding carboxylic acids is 3. The maximum absolute atomic E-state index is 12.0. The predicted molar refractivity (Wildman–Crippen MR) is 89.7 cm³/mol. The van der Waals surface area contributed by atoms with E-state index in [1.165, 1.54) is 18.9 Å². The molecule has 0 bridgehead atoms. The summed E-state index contributed by atoms with van der Waals surface area (Å²) in [5, 5.41) is 3.05. The van der Waals surface area contributed by atoms with E-state index in [0.29, 0.717) is 17.0 Å². The van der Waals surface area contributed by atoms with Crippen LogP contribution in [-0.2, 0) is 19.1 Å². The Bertz CT molecular complexity index is 592. The van der Waals surface area contributed by atoms with Gasteiger partial charge in [-0.3, -0.25) is 4.79 Å². The first-order chi connectivity index (χ1) is 11.4. The first-order valence-corrected chi connectivity index (χ1v) is 8.64. The Morgan fingerprint density at radius 3 is 2.62 bits per heavy atom. The number of thioether (sulfide) groups is 1. The van der Waals surface area contributed by atoms with Gasteiger partial charge in [0.15, 0.2) is 6.61 Å². The summed E-state index contributed by atoms with van der Waals surface area (Å²) in [5.41, 5.74) is 0.296. The van der Waals surface area contributed by atoms with Crippen molar-refractivity contribution < 1.29 is 23.9 Å². The first kappa shape index (κ1) is 20.0. The van der Waals surface area contributed by atoms with Gasteiger partial charge in [-0.1, -0.05) is 13.8 Å². The summed E-state index contributed by atoms with van der Waals surface area (Å²) in [7, 11) is 1.26. The second-order valence-corrected chi connectivity index (χ2v) is 6.20. The highest BCUT2D eigenvalue weighted by atomic mass is 32.2. The van der Waals surface area contributed by atoms with E-state index in [0.717, 1.165) is 0 Å². The van der Waals surface area contributed by atoms with E-state index in [2.05, 4.69) is 15.0 Å². The van der Waals surface area contributed by atoms with Crippen molar-refractivity contribution in [3.63, 3.8) is 0 Å². The number of pyridine rings is 1. The Balaban J connectivity index is 2.61. The summed E-state index contributed by atoms with van der Waals surface area (Å²) in [6.07, 6.45) is 3.80. The number of carbonyl (C=O) groups is 3. The molecule has 0 fully saturated rings. The number of rotatable bonds is 8. The van der Waals surface area contributed by atoms with Crippen LogP contribution in [0.5, 0.6) is 0 Å². The van der Waals surface area contributed by atoms with E-state index in [4.69, 9.17) is 4.74 Å². The van der Waals surface area contributed by atoms with E-state index in [-0.39, 0.29) is 5.92 Å². The zero-order valence-electron chi connectivity index (χ0n) is 14.2. The van der Waals surface area contributed by atoms with Crippen LogP contribution >= 0.6 is 11.8 Å². The highest BCUT2D eigenvalue weighted by molar-refractivity contribution is 7.98. The molecule has 0 aliphatic heterocycles. The molecular formula is C16H22N2O5S. The molecule has 0 radical (unpaired) electrons. The summed E-state index contributed by atoms with van der Waals surface area (Å²) in [6.45, 7) is 3.37. The number of esters is 2. The van der Waals surface area contributed by atoms with Crippen LogP contribution in [0.15, 0.2) is 23.4 Å². The van der Waals surface area contributed by atoms with Crippen LogP contribution < -0.4 is 5.32 Å². The molecule has 1 aromatic heterocycles. The molecule has 7 nitrogen and oxygen atoms in total. The van der Waals surface area contributed by atoms with Gasteiger partial charge in [-0.25, -0.2) is 14.6 Å². The Morgan fingerprint density at radius 2 is 2.04 bits per heavy atom. The monoisotopic (exact) mass is 354 g/mol. The standard InChI is InChI=1S/C16H22N2O5S/c1-10(2)8-12(16(21)22-3)18-13(19)9-23-15(20)11-6-5-7-17-14(11)24-4/h5-7,10,12H,8-9H2,1-4H3,(H,18,19)/t12-/m0/s1. The maximum atomic E-state index is 12.0. The van der Waals surface area contributed by atoms with Gasteiger partial charge < -0.3 is 14.8 Å². The van der Waals surface area contributed by atoms with E-state index in [1.807, 2.05) is 13.8 Å². The zero-order valence-corrected chi connectivity index (χ0v) is 15.0. The van der Waals surface area contributed by atoms with Gasteiger partial charge in [-0.2, -0.15) is 0 Å². The van der Waals surface area contributed by atoms with Crippen LogP contribution in [0.3, 0.4) is 0 Å². The molecule has 0 spiro atoms. The lowest BCUT2D eigenvalue weighted by Crippen LogP contribution is -2.44. The summed E-state index contributed by atoms with van der Waals surface area (Å²) >= 11 is 1.31. The molecule has 24 heavy (non-hydrogen) atoms. The molecule has 0 aliphatic carbocycles. The second-order valence-electron chi connectivity index (χ2n) is 5.41. The van der Waals surface area contributed by atoms with E-state index < -0.39 is 30.5 Å². The first-order valence-electron chi connectivity index (χ1n) is 7.42. The van der Waals surface area contributed by atoms with Crippen molar-refractivity contribution in [1.82, 2.24) is 10.3 Å². The molecule has 1 heterocycles. The maximum Gasteiger partial charge on any atom is 0.341 e. The topological polar surface area (TPSA) is 94.6 Å². The number of ether oxygens (including phenoxy) is 2. The van der Waals surface area contributed by atoms with E-state index in [9.17, 15) is 14.4 Å². The smallest absolute Gasteiger partial charge is 0.341 e. The molecule has 1 N–H and O–H groups in total. The van der Waals surface area contributed by atoms with Gasteiger partial charge in [0, 0.05) is 6.20 Å². The molecule has 0 aromatic carbocycles. The van der Waals surface area contributed by atoms with Gasteiger partial charge >= 0.3 is 11.9 Å². The molecule has 0 unspecified atom stereocenters. The fourth-order valence-corrected chi connectivity index (χ4v) is 2.52. The quantitative estimate of drug-likeness (QED) is 0.560. The summed E-state index contributed by atoms with van der Waals surface area (Å²) < 4.78 is 9.66. The van der Waals surface area contributed by atoms with Crippen LogP contribution in [0, 0.1) is 5.92 Å². The fraction of sp³-hybridized carbons (Fsp3) is 0.500. The van der Waals surface area contributed by atoms with Gasteiger partial charge in [0.1, 0.15) is 11.1 Å². The van der Waals surface area contributed by atoms with E-state index in [1.54, 1.807) is 24.6 Å². The predicted octanol–water partition coefficient (Wildman–Crippen LogP) is 1.66. The van der Waals surface area contributed by atoms with Gasteiger partial charge in [0.05, 0.1) is 12.7 Å². The number of methoxy groups -OCH3 is 1. The zero-order chi connectivity index (χ0) is 18.1. The number of nitrogens with zero attached hydrogens (tertiary/aromatic N) is 1. The third-order valence-electron chi connectivity index (χ3n) is 3.05. The largest absolute Gasteiger partial charge is 0.467 e. The number of hydrogen-bond donors (Lipinski definition) is 1. The fourth-order valence-electron chi connectivity index (χ4n) is 1.98. The van der Waals surface area contributed by atoms with E-state index >= 15 is 0 Å². The van der Waals surface area contributed by atoms with Gasteiger partial charge in [-0.15, -0.1) is 11.8 Å². The number of aromatic nitrogens is 1. The molecule has 0 aliphatic rings. The summed E-state index contributed by atoms with van der Waals surface area (Å²) in [5.74, 6) is -1.54. The minimum absolute atomic E-state index is 0.191. The van der Waals surface area contributed by atoms with Crippen molar-refractivity contribution in [1.29, 1.82) is 0 Å². The molecule has 1 atom stereocenters. The number of nitrogens with one attached hydrogen (secondary N) is 1. The summed E-state index contributed by atoms with van der Waals surface area (Å²) in [4.78, 5) is 39.7. The molecular weight excluding hydrogens is 332 g/mol. The van der Waals surface area contributed by atoms with Crippen molar-refractivity contribution in [2.75, 3.05) is 20.0 Å². The molecule has 1 rings (SSSR count). The van der Waals surface area contributed by atoms with Crippen LogP contribution in [0.2, 0.25) is 0 Å². The molecule has 132 valence electrons. The van der Waals surface area contributed by atoms with Crippen LogP contribution in [0.1, 0.15) is 30.6 Å². The van der Waals surface area contributed by atoms with Gasteiger partial charge in [0.25, 0.3) is 5.91 Å². The minimum Gasteiger partial charge on any atom is -0.467 e. The molecule has 1 aromatic rings. The Kier molecular flexibility index (Phi) is 8.25. The average molecular weight is 354 g/mol. The van der Waals surface area contributed by atoms with Gasteiger partial charge in [0.2, 0.25) is 0 Å². The Hall–Kier alpha value is -2.09. The van der Waals surface area contributed by atoms with Crippen molar-refractivity contribution in [3.05, 3.63) is 23.9 Å². The summed E-state index contributed by atoms with van der Waals surface area (Å²) in [6, 6.07) is 2.43. The lowest BCUT2D eigenvalue weighted by molar-refractivity contribution is -0.145. The second kappa shape index (κ2) is 9.92. The lowest BCUT2D eigenvalue weighted by Gasteiger charge is -2.18. The van der Waals surface area contributed by atoms with Crippen LogP contribution in [0.4, 0.5) is 0 Å². The SMILES string of the molecule is COC(=O)[C@H](CC(C)C)NC(=O)COC(=O)c1cccnc1SC. The third-order valence-corrected chi connectivity index (χ3v) is 3.76. The normalized spacial score (nSPS) is 11.7. The highest BCUT2D eigenvalue weighted by Gasteiger charge is 2.23. The third kappa shape index (κ3) is 6.19. The van der Waals surface area contributed by atoms with Crippen molar-refractivity contribution in [2.24, 2.45) is 5.92 Å². The Labute approximate surface area is 145 Å². The average Bonchev–Trinajstić information content (AvgIpc) is 2.57. The Morgan fingerprint density at radius 1 is 1.33 bits per heavy atom. The minimum atomic E-state index is -0.763. The molecule has 0 saturated carbocycles. The molecule has 0 saturated heterocycles. The van der Waals surface area contributed by atoms with Gasteiger partial charge in [-0.05, 0) is 30.7 Å². The van der Waals surface area contributed by atoms with Crippen molar-refractivity contribution in [2.45, 2.75) is 31.3 Å². The van der Waals surface area contributed by atoms with Crippen molar-refractivity contribution in [3.8, 4) is 0 Å². The number of amides is 1. The van der Waals surface area contributed by atoms with Crippen LogP contribution in [-0.4, -0.2) is 48.8 Å². The lowest BCUT2D eigenvalue weighted by atomic mass is 10.0. The van der Waals surface area contributed by atoms with Crippen LogP contribution in [0.25, 0.3) is 0 Å². The number of hydrogen-bond acceptors (Lipinski definition) is 7. The molecule has 1 amide bonds. The molecule has 8 heteroatoms. The van der Waals surface area contributed by atoms with Crippen molar-refractivity contribution >= 4 is 29.6 Å². The highest BCUT2D eigenvalue weighted by Crippen LogP contribution is 2.17.